The molecule has 1 aromatic rings. The van der Waals surface area contributed by atoms with Gasteiger partial charge in [-0.25, -0.2) is 4.98 Å². The van der Waals surface area contributed by atoms with Crippen LogP contribution in [0.3, 0.4) is 0 Å². The lowest BCUT2D eigenvalue weighted by Crippen LogP contribution is -2.44. The molecule has 0 aromatic carbocycles. The van der Waals surface area contributed by atoms with E-state index in [1.807, 2.05) is 6.20 Å². The molecule has 0 radical (unpaired) electrons. The maximum absolute atomic E-state index is 5.78. The number of rotatable bonds is 1. The van der Waals surface area contributed by atoms with Crippen LogP contribution in [-0.2, 0) is 0 Å². The summed E-state index contributed by atoms with van der Waals surface area (Å²) in [5.74, 6) is 4.99. The molecule has 4 aliphatic carbocycles. The predicted molar refractivity (Wildman–Crippen MR) is 66.2 cm³/mol. The van der Waals surface area contributed by atoms with Crippen molar-refractivity contribution in [2.75, 3.05) is 5.73 Å². The van der Waals surface area contributed by atoms with Gasteiger partial charge in [-0.15, -0.1) is 0 Å². The van der Waals surface area contributed by atoms with Gasteiger partial charge in [-0.1, -0.05) is 0 Å². The highest BCUT2D eigenvalue weighted by atomic mass is 14.9. The maximum Gasteiger partial charge on any atom is 0.142 e. The Bertz CT molecular complexity index is 415. The first-order valence-electron chi connectivity index (χ1n) is 6.87. The summed E-state index contributed by atoms with van der Waals surface area (Å²) in [5, 5.41) is 0. The maximum atomic E-state index is 5.78. The molecule has 0 saturated heterocycles. The van der Waals surface area contributed by atoms with E-state index in [9.17, 15) is 0 Å². The highest BCUT2D eigenvalue weighted by molar-refractivity contribution is 5.26. The van der Waals surface area contributed by atoms with E-state index in [0.29, 0.717) is 11.7 Å². The first kappa shape index (κ1) is 9.86. The van der Waals surface area contributed by atoms with Gasteiger partial charge in [0.2, 0.25) is 0 Å². The average molecular weight is 229 g/mol. The molecule has 0 unspecified atom stereocenters. The summed E-state index contributed by atoms with van der Waals surface area (Å²) in [5.41, 5.74) is 6.94. The van der Waals surface area contributed by atoms with Gasteiger partial charge in [0.15, 0.2) is 0 Å². The minimum atomic E-state index is 0.580. The first-order valence-corrected chi connectivity index (χ1v) is 6.87. The van der Waals surface area contributed by atoms with E-state index in [2.05, 4.69) is 9.97 Å². The summed E-state index contributed by atoms with van der Waals surface area (Å²) in [6, 6.07) is 0. The van der Waals surface area contributed by atoms with Crippen molar-refractivity contribution < 1.29 is 0 Å². The van der Waals surface area contributed by atoms with Crippen LogP contribution in [0.1, 0.15) is 43.7 Å². The Morgan fingerprint density at radius 1 is 0.941 bits per heavy atom. The van der Waals surface area contributed by atoms with Crippen molar-refractivity contribution in [2.45, 2.75) is 38.0 Å². The van der Waals surface area contributed by atoms with Gasteiger partial charge in [0.05, 0.1) is 11.9 Å². The van der Waals surface area contributed by atoms with Crippen LogP contribution in [-0.4, -0.2) is 9.97 Å². The molecular weight excluding hydrogens is 210 g/mol. The fourth-order valence-electron chi connectivity index (χ4n) is 4.97. The third kappa shape index (κ3) is 1.48. The second-order valence-corrected chi connectivity index (χ2v) is 6.33. The van der Waals surface area contributed by atoms with Gasteiger partial charge in [-0.05, 0) is 55.8 Å². The van der Waals surface area contributed by atoms with Crippen molar-refractivity contribution >= 4 is 5.82 Å². The summed E-state index contributed by atoms with van der Waals surface area (Å²) in [6.07, 6.45) is 10.8. The van der Waals surface area contributed by atoms with Gasteiger partial charge in [0.25, 0.3) is 0 Å². The molecule has 0 spiro atoms. The van der Waals surface area contributed by atoms with Gasteiger partial charge < -0.3 is 5.73 Å². The van der Waals surface area contributed by atoms with Gasteiger partial charge >= 0.3 is 0 Å². The minimum absolute atomic E-state index is 0.580. The second-order valence-electron chi connectivity index (χ2n) is 6.33. The minimum Gasteiger partial charge on any atom is -0.382 e. The van der Waals surface area contributed by atoms with Crippen LogP contribution in [0.15, 0.2) is 12.4 Å². The molecule has 3 heteroatoms. The highest BCUT2D eigenvalue weighted by Gasteiger charge is 2.49. The van der Waals surface area contributed by atoms with Crippen LogP contribution < -0.4 is 5.73 Å². The lowest BCUT2D eigenvalue weighted by atomic mass is 9.51. The van der Waals surface area contributed by atoms with E-state index in [0.717, 1.165) is 23.7 Å². The van der Waals surface area contributed by atoms with Crippen LogP contribution in [0.4, 0.5) is 5.82 Å². The Hall–Kier alpha value is -1.12. The summed E-state index contributed by atoms with van der Waals surface area (Å²) < 4.78 is 0. The summed E-state index contributed by atoms with van der Waals surface area (Å²) in [7, 11) is 0. The van der Waals surface area contributed by atoms with E-state index >= 15 is 0 Å². The zero-order valence-electron chi connectivity index (χ0n) is 10.0. The fraction of sp³-hybridized carbons (Fsp3) is 0.714. The molecular formula is C14H19N3. The molecule has 17 heavy (non-hydrogen) atoms. The van der Waals surface area contributed by atoms with Gasteiger partial charge in [-0.3, -0.25) is 4.98 Å². The third-order valence-corrected chi connectivity index (χ3v) is 5.24. The number of nitrogens with zero attached hydrogens (tertiary/aromatic N) is 2. The molecule has 0 amide bonds. The lowest BCUT2D eigenvalue weighted by Gasteiger charge is -2.54. The Balaban J connectivity index is 1.70. The van der Waals surface area contributed by atoms with E-state index in [4.69, 9.17) is 5.73 Å². The molecule has 3 nitrogen and oxygen atoms in total. The van der Waals surface area contributed by atoms with Crippen molar-refractivity contribution in [2.24, 2.45) is 23.7 Å². The summed E-state index contributed by atoms with van der Waals surface area (Å²) >= 11 is 0. The Morgan fingerprint density at radius 3 is 2.18 bits per heavy atom. The normalized spacial score (nSPS) is 42.9. The van der Waals surface area contributed by atoms with Crippen LogP contribution in [0.5, 0.6) is 0 Å². The number of nitrogen functional groups attached to an aromatic ring is 1. The molecule has 4 aliphatic rings. The second kappa shape index (κ2) is 3.44. The van der Waals surface area contributed by atoms with Crippen molar-refractivity contribution in [3.8, 4) is 0 Å². The number of hydrogen-bond donors (Lipinski definition) is 1. The van der Waals surface area contributed by atoms with E-state index in [1.54, 1.807) is 6.20 Å². The van der Waals surface area contributed by atoms with Crippen molar-refractivity contribution in [3.05, 3.63) is 18.1 Å². The molecule has 4 saturated carbocycles. The Kier molecular flexibility index (Phi) is 1.99. The van der Waals surface area contributed by atoms with Gasteiger partial charge in [0.1, 0.15) is 5.82 Å². The van der Waals surface area contributed by atoms with E-state index < -0.39 is 0 Å². The molecule has 4 bridgehead atoms. The van der Waals surface area contributed by atoms with Gasteiger partial charge in [-0.2, -0.15) is 0 Å². The number of anilines is 1. The monoisotopic (exact) mass is 229 g/mol. The topological polar surface area (TPSA) is 51.8 Å². The molecule has 1 aromatic heterocycles. The molecule has 90 valence electrons. The van der Waals surface area contributed by atoms with E-state index in [-0.39, 0.29) is 0 Å². The van der Waals surface area contributed by atoms with Crippen LogP contribution >= 0.6 is 0 Å². The summed E-state index contributed by atoms with van der Waals surface area (Å²) in [6.45, 7) is 0. The number of aromatic nitrogens is 2. The van der Waals surface area contributed by atoms with Crippen LogP contribution in [0, 0.1) is 23.7 Å². The largest absolute Gasteiger partial charge is 0.382 e. The smallest absolute Gasteiger partial charge is 0.142 e. The molecule has 1 heterocycles. The first-order chi connectivity index (χ1) is 8.29. The van der Waals surface area contributed by atoms with Gasteiger partial charge in [0, 0.05) is 12.1 Å². The average Bonchev–Trinajstić information content (AvgIpc) is 2.27. The molecule has 5 rings (SSSR count). The Labute approximate surface area is 102 Å². The lowest BCUT2D eigenvalue weighted by molar-refractivity contribution is -0.00422. The molecule has 0 atom stereocenters. The Morgan fingerprint density at radius 2 is 1.59 bits per heavy atom. The molecule has 2 N–H and O–H groups in total. The van der Waals surface area contributed by atoms with Crippen molar-refractivity contribution in [3.63, 3.8) is 0 Å². The van der Waals surface area contributed by atoms with Crippen LogP contribution in [0.25, 0.3) is 0 Å². The zero-order chi connectivity index (χ0) is 11.4. The van der Waals surface area contributed by atoms with Crippen LogP contribution in [0.2, 0.25) is 0 Å². The number of nitrogens with two attached hydrogens (primary N) is 1. The third-order valence-electron chi connectivity index (χ3n) is 5.24. The van der Waals surface area contributed by atoms with Crippen molar-refractivity contribution in [1.82, 2.24) is 9.97 Å². The predicted octanol–water partition coefficient (Wildman–Crippen LogP) is 2.60. The van der Waals surface area contributed by atoms with Crippen molar-refractivity contribution in [1.29, 1.82) is 0 Å². The fourth-order valence-corrected chi connectivity index (χ4v) is 4.97. The molecule has 4 fully saturated rings. The molecule has 0 aliphatic heterocycles. The van der Waals surface area contributed by atoms with E-state index in [1.165, 1.54) is 37.8 Å². The quantitative estimate of drug-likeness (QED) is 0.805. The summed E-state index contributed by atoms with van der Waals surface area (Å²) in [4.78, 5) is 8.76. The number of hydrogen-bond acceptors (Lipinski definition) is 3. The zero-order valence-corrected chi connectivity index (χ0v) is 10.0. The SMILES string of the molecule is Nc1cncc(C2C3CC4CC(C3)CC2C4)n1. The standard InChI is InChI=1S/C14H19N3/c15-13-7-16-6-12(17-13)14-10-2-8-1-9(4-10)5-11(14)3-8/h6-11,14H,1-5H2,(H2,15,17). The highest BCUT2D eigenvalue weighted by Crippen LogP contribution is 2.59.